The monoisotopic (exact) mass is 331 g/mol. The standard InChI is InChI=1S/C15H22ClNO3S/c1-5-6-7-12(4)17-15(18)13-9-14(21(16,19)20)11(3)8-10(13)2/h8-9,12H,5-7H2,1-4H3,(H,17,18). The van der Waals surface area contributed by atoms with E-state index < -0.39 is 9.05 Å². The van der Waals surface area contributed by atoms with Crippen molar-refractivity contribution in [3.05, 3.63) is 28.8 Å². The van der Waals surface area contributed by atoms with E-state index in [1.807, 2.05) is 6.92 Å². The van der Waals surface area contributed by atoms with Gasteiger partial charge in [-0.2, -0.15) is 0 Å². The van der Waals surface area contributed by atoms with Gasteiger partial charge in [0, 0.05) is 22.3 Å². The molecule has 118 valence electrons. The van der Waals surface area contributed by atoms with Gasteiger partial charge in [0.1, 0.15) is 0 Å². The number of nitrogens with one attached hydrogen (secondary N) is 1. The highest BCUT2D eigenvalue weighted by Crippen LogP contribution is 2.23. The topological polar surface area (TPSA) is 63.2 Å². The van der Waals surface area contributed by atoms with Crippen LogP contribution in [0.1, 0.15) is 54.6 Å². The Balaban J connectivity index is 3.05. The number of amides is 1. The highest BCUT2D eigenvalue weighted by molar-refractivity contribution is 8.13. The average molecular weight is 332 g/mol. The van der Waals surface area contributed by atoms with Gasteiger partial charge in [0.25, 0.3) is 15.0 Å². The lowest BCUT2D eigenvalue weighted by atomic mass is 10.0. The maximum absolute atomic E-state index is 12.3. The van der Waals surface area contributed by atoms with Crippen LogP contribution < -0.4 is 5.32 Å². The van der Waals surface area contributed by atoms with E-state index in [4.69, 9.17) is 10.7 Å². The second kappa shape index (κ2) is 7.27. The van der Waals surface area contributed by atoms with Crippen LogP contribution in [0.3, 0.4) is 0 Å². The van der Waals surface area contributed by atoms with Crippen molar-refractivity contribution in [3.8, 4) is 0 Å². The molecule has 1 atom stereocenters. The fourth-order valence-corrected chi connectivity index (χ4v) is 3.42. The lowest BCUT2D eigenvalue weighted by Gasteiger charge is -2.15. The highest BCUT2D eigenvalue weighted by Gasteiger charge is 2.19. The smallest absolute Gasteiger partial charge is 0.261 e. The van der Waals surface area contributed by atoms with Gasteiger partial charge in [-0.25, -0.2) is 8.42 Å². The van der Waals surface area contributed by atoms with E-state index in [2.05, 4.69) is 12.2 Å². The molecular formula is C15H22ClNO3S. The van der Waals surface area contributed by atoms with Crippen LogP contribution in [0.15, 0.2) is 17.0 Å². The molecule has 6 heteroatoms. The minimum absolute atomic E-state index is 0.0128. The molecule has 0 fully saturated rings. The molecule has 0 aromatic heterocycles. The molecule has 0 saturated carbocycles. The number of unbranched alkanes of at least 4 members (excludes halogenated alkanes) is 1. The number of carbonyl (C=O) groups is 1. The van der Waals surface area contributed by atoms with E-state index in [-0.39, 0.29) is 16.8 Å². The van der Waals surface area contributed by atoms with Crippen molar-refractivity contribution < 1.29 is 13.2 Å². The van der Waals surface area contributed by atoms with E-state index in [1.165, 1.54) is 6.07 Å². The number of hydrogen-bond donors (Lipinski definition) is 1. The molecule has 0 radical (unpaired) electrons. The summed E-state index contributed by atoms with van der Waals surface area (Å²) in [4.78, 5) is 12.3. The summed E-state index contributed by atoms with van der Waals surface area (Å²) in [6.45, 7) is 7.48. The molecule has 0 spiro atoms. The van der Waals surface area contributed by atoms with Crippen LogP contribution in [0.2, 0.25) is 0 Å². The molecule has 21 heavy (non-hydrogen) atoms. The Morgan fingerprint density at radius 2 is 1.90 bits per heavy atom. The normalized spacial score (nSPS) is 13.0. The number of halogens is 1. The molecule has 0 aliphatic rings. The number of benzene rings is 1. The molecule has 0 saturated heterocycles. The first-order chi connectivity index (χ1) is 9.66. The predicted molar refractivity (Wildman–Crippen MR) is 85.4 cm³/mol. The second-order valence-electron chi connectivity index (χ2n) is 5.39. The highest BCUT2D eigenvalue weighted by atomic mass is 35.7. The van der Waals surface area contributed by atoms with Crippen LogP contribution >= 0.6 is 10.7 Å². The third kappa shape index (κ3) is 5.00. The molecule has 4 nitrogen and oxygen atoms in total. The van der Waals surface area contributed by atoms with Crippen LogP contribution in [0.5, 0.6) is 0 Å². The lowest BCUT2D eigenvalue weighted by molar-refractivity contribution is 0.0937. The average Bonchev–Trinajstić information content (AvgIpc) is 2.34. The summed E-state index contributed by atoms with van der Waals surface area (Å²) >= 11 is 0. The van der Waals surface area contributed by atoms with Crippen LogP contribution in [0.4, 0.5) is 0 Å². The zero-order valence-electron chi connectivity index (χ0n) is 12.9. The predicted octanol–water partition coefficient (Wildman–Crippen LogP) is 3.54. The SMILES string of the molecule is CCCCC(C)NC(=O)c1cc(S(=O)(=O)Cl)c(C)cc1C. The van der Waals surface area contributed by atoms with Gasteiger partial charge in [-0.05, 0) is 44.4 Å². The first-order valence-electron chi connectivity index (χ1n) is 7.03. The van der Waals surface area contributed by atoms with Crippen molar-refractivity contribution in [2.24, 2.45) is 0 Å². The summed E-state index contributed by atoms with van der Waals surface area (Å²) in [5.74, 6) is -0.266. The van der Waals surface area contributed by atoms with Gasteiger partial charge in [-0.15, -0.1) is 0 Å². The number of rotatable bonds is 6. The summed E-state index contributed by atoms with van der Waals surface area (Å²) in [7, 11) is 1.55. The minimum atomic E-state index is -3.86. The van der Waals surface area contributed by atoms with Crippen LogP contribution in [0, 0.1) is 13.8 Å². The van der Waals surface area contributed by atoms with Crippen molar-refractivity contribution >= 4 is 25.6 Å². The maximum atomic E-state index is 12.3. The van der Waals surface area contributed by atoms with Gasteiger partial charge < -0.3 is 5.32 Å². The Kier molecular flexibility index (Phi) is 6.23. The van der Waals surface area contributed by atoms with Gasteiger partial charge in [-0.1, -0.05) is 25.8 Å². The second-order valence-corrected chi connectivity index (χ2v) is 7.92. The number of carbonyl (C=O) groups excluding carboxylic acids is 1. The molecular weight excluding hydrogens is 310 g/mol. The lowest BCUT2D eigenvalue weighted by Crippen LogP contribution is -2.33. The summed E-state index contributed by atoms with van der Waals surface area (Å²) in [6.07, 6.45) is 3.00. The molecule has 0 bridgehead atoms. The number of hydrogen-bond acceptors (Lipinski definition) is 3. The maximum Gasteiger partial charge on any atom is 0.261 e. The van der Waals surface area contributed by atoms with Crippen LogP contribution in [-0.4, -0.2) is 20.4 Å². The fraction of sp³-hybridized carbons (Fsp3) is 0.533. The molecule has 0 aliphatic heterocycles. The molecule has 1 N–H and O–H groups in total. The Bertz CT molecular complexity index is 626. The fourth-order valence-electron chi connectivity index (χ4n) is 2.22. The quantitative estimate of drug-likeness (QED) is 0.811. The van der Waals surface area contributed by atoms with E-state index in [1.54, 1.807) is 19.9 Å². The van der Waals surface area contributed by atoms with E-state index in [0.717, 1.165) is 24.8 Å². The summed E-state index contributed by atoms with van der Waals surface area (Å²) in [6, 6.07) is 3.07. The zero-order chi connectivity index (χ0) is 16.2. The van der Waals surface area contributed by atoms with E-state index in [9.17, 15) is 13.2 Å². The minimum Gasteiger partial charge on any atom is -0.350 e. The molecule has 0 aliphatic carbocycles. The zero-order valence-corrected chi connectivity index (χ0v) is 14.4. The Labute approximate surface area is 131 Å². The van der Waals surface area contributed by atoms with Crippen molar-refractivity contribution in [2.45, 2.75) is 57.9 Å². The molecule has 1 aromatic rings. The van der Waals surface area contributed by atoms with Crippen LogP contribution in [0.25, 0.3) is 0 Å². The number of aryl methyl sites for hydroxylation is 2. The van der Waals surface area contributed by atoms with Gasteiger partial charge >= 0.3 is 0 Å². The van der Waals surface area contributed by atoms with Gasteiger partial charge in [-0.3, -0.25) is 4.79 Å². The van der Waals surface area contributed by atoms with Gasteiger partial charge in [0.2, 0.25) is 0 Å². The molecule has 1 amide bonds. The van der Waals surface area contributed by atoms with Crippen molar-refractivity contribution in [2.75, 3.05) is 0 Å². The summed E-state index contributed by atoms with van der Waals surface area (Å²) in [5, 5.41) is 2.89. The summed E-state index contributed by atoms with van der Waals surface area (Å²) in [5.41, 5.74) is 1.62. The molecule has 1 unspecified atom stereocenters. The molecule has 1 aromatic carbocycles. The van der Waals surface area contributed by atoms with Gasteiger partial charge in [0.05, 0.1) is 4.90 Å². The molecule has 1 rings (SSSR count). The Morgan fingerprint density at radius 1 is 1.29 bits per heavy atom. The largest absolute Gasteiger partial charge is 0.350 e. The van der Waals surface area contributed by atoms with E-state index >= 15 is 0 Å². The summed E-state index contributed by atoms with van der Waals surface area (Å²) < 4.78 is 23.1. The first-order valence-corrected chi connectivity index (χ1v) is 9.34. The van der Waals surface area contributed by atoms with Crippen LogP contribution in [-0.2, 0) is 9.05 Å². The van der Waals surface area contributed by atoms with E-state index in [0.29, 0.717) is 11.1 Å². The van der Waals surface area contributed by atoms with Crippen molar-refractivity contribution in [3.63, 3.8) is 0 Å². The first kappa shape index (κ1) is 18.0. The van der Waals surface area contributed by atoms with Gasteiger partial charge in [0.15, 0.2) is 0 Å². The third-order valence-corrected chi connectivity index (χ3v) is 4.86. The Hall–Kier alpha value is -1.07. The molecule has 0 heterocycles. The third-order valence-electron chi connectivity index (χ3n) is 3.40. The van der Waals surface area contributed by atoms with Crippen molar-refractivity contribution in [1.29, 1.82) is 0 Å². The van der Waals surface area contributed by atoms with Crippen molar-refractivity contribution in [1.82, 2.24) is 5.32 Å². The Morgan fingerprint density at radius 3 is 2.43 bits per heavy atom.